The van der Waals surface area contributed by atoms with Crippen molar-refractivity contribution < 1.29 is 4.74 Å². The Labute approximate surface area is 116 Å². The third-order valence-corrected chi connectivity index (χ3v) is 4.19. The van der Waals surface area contributed by atoms with Crippen molar-refractivity contribution in [3.05, 3.63) is 12.2 Å². The highest BCUT2D eigenvalue weighted by Gasteiger charge is 2.33. The van der Waals surface area contributed by atoms with Gasteiger partial charge in [0.2, 0.25) is 0 Å². The van der Waals surface area contributed by atoms with Gasteiger partial charge in [-0.1, -0.05) is 13.8 Å². The normalized spacial score (nSPS) is 22.3. The highest BCUT2D eigenvalue weighted by molar-refractivity contribution is 4.91. The zero-order valence-corrected chi connectivity index (χ0v) is 12.6. The number of hydrogen-bond acceptors (Lipinski definition) is 4. The summed E-state index contributed by atoms with van der Waals surface area (Å²) < 4.78 is 7.20. The van der Waals surface area contributed by atoms with Gasteiger partial charge in [0.15, 0.2) is 0 Å². The lowest BCUT2D eigenvalue weighted by Crippen LogP contribution is -2.31. The minimum Gasteiger partial charge on any atom is -0.383 e. The Balaban J connectivity index is 1.92. The fourth-order valence-electron chi connectivity index (χ4n) is 2.91. The average Bonchev–Trinajstić information content (AvgIpc) is 2.93. The summed E-state index contributed by atoms with van der Waals surface area (Å²) in [6.45, 7) is 7.11. The van der Waals surface area contributed by atoms with Gasteiger partial charge >= 0.3 is 0 Å². The standard InChI is InChI=1S/C14H26N4O/c1-14(2)6-5-12(9-14)17(3)10-13-16-15-11-18(13)7-8-19-4/h11-12H,5-10H2,1-4H3. The van der Waals surface area contributed by atoms with E-state index in [0.717, 1.165) is 18.9 Å². The van der Waals surface area contributed by atoms with Gasteiger partial charge in [-0.2, -0.15) is 0 Å². The maximum absolute atomic E-state index is 5.11. The van der Waals surface area contributed by atoms with Crippen LogP contribution >= 0.6 is 0 Å². The third-order valence-electron chi connectivity index (χ3n) is 4.19. The van der Waals surface area contributed by atoms with Crippen LogP contribution in [0.2, 0.25) is 0 Å². The predicted octanol–water partition coefficient (Wildman–Crippen LogP) is 1.93. The first-order chi connectivity index (χ1) is 9.02. The highest BCUT2D eigenvalue weighted by atomic mass is 16.5. The van der Waals surface area contributed by atoms with Crippen LogP contribution in [0.4, 0.5) is 0 Å². The predicted molar refractivity (Wildman–Crippen MR) is 74.8 cm³/mol. The summed E-state index contributed by atoms with van der Waals surface area (Å²) in [6, 6.07) is 0.669. The van der Waals surface area contributed by atoms with E-state index in [2.05, 4.69) is 40.6 Å². The molecule has 1 heterocycles. The van der Waals surface area contributed by atoms with Crippen molar-refractivity contribution in [2.24, 2.45) is 5.41 Å². The minimum atomic E-state index is 0.489. The Hall–Kier alpha value is -0.940. The Kier molecular flexibility index (Phi) is 4.58. The smallest absolute Gasteiger partial charge is 0.147 e. The van der Waals surface area contributed by atoms with Crippen LogP contribution in [0, 0.1) is 5.41 Å². The molecule has 0 aliphatic heterocycles. The Morgan fingerprint density at radius 1 is 1.53 bits per heavy atom. The number of hydrogen-bond donors (Lipinski definition) is 0. The quantitative estimate of drug-likeness (QED) is 0.789. The van der Waals surface area contributed by atoms with Gasteiger partial charge in [0.05, 0.1) is 13.2 Å². The lowest BCUT2D eigenvalue weighted by molar-refractivity contribution is 0.181. The molecule has 0 bridgehead atoms. The summed E-state index contributed by atoms with van der Waals surface area (Å²) in [5, 5.41) is 8.25. The molecule has 1 fully saturated rings. The Morgan fingerprint density at radius 2 is 2.32 bits per heavy atom. The van der Waals surface area contributed by atoms with E-state index in [0.29, 0.717) is 18.1 Å². The molecule has 0 aromatic carbocycles. The number of methoxy groups -OCH3 is 1. The molecule has 1 aliphatic carbocycles. The van der Waals surface area contributed by atoms with E-state index in [-0.39, 0.29) is 0 Å². The van der Waals surface area contributed by atoms with Crippen molar-refractivity contribution in [2.75, 3.05) is 20.8 Å². The second kappa shape index (κ2) is 6.01. The molecule has 19 heavy (non-hydrogen) atoms. The van der Waals surface area contributed by atoms with Crippen molar-refractivity contribution in [3.8, 4) is 0 Å². The lowest BCUT2D eigenvalue weighted by Gasteiger charge is -2.25. The lowest BCUT2D eigenvalue weighted by atomic mass is 9.91. The summed E-state index contributed by atoms with van der Waals surface area (Å²) in [5.74, 6) is 1.03. The van der Waals surface area contributed by atoms with Gasteiger partial charge in [0.25, 0.3) is 0 Å². The Morgan fingerprint density at radius 3 is 2.95 bits per heavy atom. The first-order valence-electron chi connectivity index (χ1n) is 7.08. The van der Waals surface area contributed by atoms with Gasteiger partial charge in [-0.3, -0.25) is 4.90 Å². The molecular weight excluding hydrogens is 240 g/mol. The SMILES string of the molecule is COCCn1cnnc1CN(C)C1CCC(C)(C)C1. The summed E-state index contributed by atoms with van der Waals surface area (Å²) in [6.07, 6.45) is 5.67. The molecule has 1 aromatic heterocycles. The van der Waals surface area contributed by atoms with Crippen molar-refractivity contribution in [1.82, 2.24) is 19.7 Å². The fourth-order valence-corrected chi connectivity index (χ4v) is 2.91. The number of nitrogens with zero attached hydrogens (tertiary/aromatic N) is 4. The average molecular weight is 266 g/mol. The van der Waals surface area contributed by atoms with Crippen molar-refractivity contribution in [2.45, 2.75) is 52.2 Å². The molecule has 0 amide bonds. The van der Waals surface area contributed by atoms with Crippen LogP contribution in [-0.4, -0.2) is 46.5 Å². The molecule has 1 unspecified atom stereocenters. The van der Waals surface area contributed by atoms with E-state index in [1.165, 1.54) is 19.3 Å². The van der Waals surface area contributed by atoms with Crippen LogP contribution in [0.1, 0.15) is 38.9 Å². The molecule has 1 atom stereocenters. The third kappa shape index (κ3) is 3.76. The zero-order chi connectivity index (χ0) is 13.9. The van der Waals surface area contributed by atoms with Gasteiger partial charge in [-0.25, -0.2) is 0 Å². The fraction of sp³-hybridized carbons (Fsp3) is 0.857. The monoisotopic (exact) mass is 266 g/mol. The molecule has 1 aliphatic rings. The molecule has 0 spiro atoms. The summed E-state index contributed by atoms with van der Waals surface area (Å²) in [7, 11) is 3.91. The van der Waals surface area contributed by atoms with Crippen LogP contribution in [0.15, 0.2) is 6.33 Å². The largest absolute Gasteiger partial charge is 0.383 e. The molecular formula is C14H26N4O. The Bertz CT molecular complexity index is 402. The zero-order valence-electron chi connectivity index (χ0n) is 12.6. The van der Waals surface area contributed by atoms with Gasteiger partial charge in [0.1, 0.15) is 12.2 Å². The second-order valence-corrected chi connectivity index (χ2v) is 6.41. The molecule has 0 saturated heterocycles. The second-order valence-electron chi connectivity index (χ2n) is 6.41. The number of rotatable bonds is 6. The number of aromatic nitrogens is 3. The topological polar surface area (TPSA) is 43.2 Å². The maximum atomic E-state index is 5.11. The van der Waals surface area contributed by atoms with E-state index < -0.39 is 0 Å². The summed E-state index contributed by atoms with van der Waals surface area (Å²) in [4.78, 5) is 2.42. The molecule has 2 rings (SSSR count). The van der Waals surface area contributed by atoms with Crippen LogP contribution in [0.3, 0.4) is 0 Å². The van der Waals surface area contributed by atoms with E-state index in [9.17, 15) is 0 Å². The molecule has 0 radical (unpaired) electrons. The van der Waals surface area contributed by atoms with Gasteiger partial charge < -0.3 is 9.30 Å². The van der Waals surface area contributed by atoms with Crippen LogP contribution in [0.5, 0.6) is 0 Å². The minimum absolute atomic E-state index is 0.489. The van der Waals surface area contributed by atoms with E-state index in [4.69, 9.17) is 4.74 Å². The van der Waals surface area contributed by atoms with Crippen LogP contribution in [-0.2, 0) is 17.8 Å². The molecule has 0 N–H and O–H groups in total. The molecule has 5 nitrogen and oxygen atoms in total. The van der Waals surface area contributed by atoms with Crippen LogP contribution < -0.4 is 0 Å². The molecule has 1 aromatic rings. The molecule has 108 valence electrons. The summed E-state index contributed by atoms with van der Waals surface area (Å²) >= 11 is 0. The van der Waals surface area contributed by atoms with E-state index >= 15 is 0 Å². The van der Waals surface area contributed by atoms with E-state index in [1.807, 2.05) is 0 Å². The van der Waals surface area contributed by atoms with Crippen molar-refractivity contribution >= 4 is 0 Å². The van der Waals surface area contributed by atoms with E-state index in [1.54, 1.807) is 13.4 Å². The molecule has 5 heteroatoms. The highest BCUT2D eigenvalue weighted by Crippen LogP contribution is 2.39. The first-order valence-corrected chi connectivity index (χ1v) is 7.08. The van der Waals surface area contributed by atoms with Crippen molar-refractivity contribution in [3.63, 3.8) is 0 Å². The maximum Gasteiger partial charge on any atom is 0.147 e. The van der Waals surface area contributed by atoms with Gasteiger partial charge in [0, 0.05) is 19.7 Å². The van der Waals surface area contributed by atoms with Crippen molar-refractivity contribution in [1.29, 1.82) is 0 Å². The van der Waals surface area contributed by atoms with Gasteiger partial charge in [-0.05, 0) is 31.7 Å². The summed E-state index contributed by atoms with van der Waals surface area (Å²) in [5.41, 5.74) is 0.489. The number of ether oxygens (including phenoxy) is 1. The first kappa shape index (κ1) is 14.5. The van der Waals surface area contributed by atoms with Crippen LogP contribution in [0.25, 0.3) is 0 Å². The molecule has 1 saturated carbocycles. The van der Waals surface area contributed by atoms with Gasteiger partial charge in [-0.15, -0.1) is 10.2 Å².